The molecule has 0 amide bonds. The van der Waals surface area contributed by atoms with Gasteiger partial charge in [-0.15, -0.1) is 0 Å². The summed E-state index contributed by atoms with van der Waals surface area (Å²) in [4.78, 5) is 14.2. The van der Waals surface area contributed by atoms with Crippen molar-refractivity contribution in [1.82, 2.24) is 17.9 Å². The Kier molecular flexibility index (Phi) is 5.26. The molecule has 0 atom stereocenters. The maximum Gasteiger partial charge on any atom is 0.328 e. The Morgan fingerprint density at radius 2 is 1.67 bits per heavy atom. The molecule has 2 heterocycles. The highest BCUT2D eigenvalue weighted by Crippen LogP contribution is 2.37. The average molecular weight is 498 g/mol. The number of sulfonamides is 1. The molecule has 5 rings (SSSR count). The molecule has 0 saturated heterocycles. The number of nitrogens with one attached hydrogen (secondary N) is 1. The summed E-state index contributed by atoms with van der Waals surface area (Å²) in [5, 5.41) is 0. The van der Waals surface area contributed by atoms with Crippen LogP contribution in [0, 0.1) is 6.92 Å². The Balaban J connectivity index is 1.66. The van der Waals surface area contributed by atoms with Gasteiger partial charge in [0.2, 0.25) is 0 Å². The fourth-order valence-corrected chi connectivity index (χ4v) is 6.44. The molecule has 0 aliphatic rings. The molecule has 0 aliphatic heterocycles. The second kappa shape index (κ2) is 8.01. The third-order valence-corrected chi connectivity index (χ3v) is 8.41. The van der Waals surface area contributed by atoms with Crippen molar-refractivity contribution >= 4 is 61.3 Å². The first-order valence-corrected chi connectivity index (χ1v) is 13.0. The molecule has 0 fully saturated rings. The third-order valence-electron chi connectivity index (χ3n) is 5.40. The second-order valence-electron chi connectivity index (χ2n) is 7.65. The number of imidazole rings is 1. The molecule has 3 aromatic carbocycles. The van der Waals surface area contributed by atoms with Crippen LogP contribution in [0.3, 0.4) is 0 Å². The van der Waals surface area contributed by atoms with Crippen LogP contribution in [0.5, 0.6) is 0 Å². The van der Waals surface area contributed by atoms with E-state index in [4.69, 9.17) is 0 Å². The van der Waals surface area contributed by atoms with Gasteiger partial charge in [0, 0.05) is 23.9 Å². The summed E-state index contributed by atoms with van der Waals surface area (Å²) in [5.74, 6) is 0. The van der Waals surface area contributed by atoms with Crippen molar-refractivity contribution in [2.75, 3.05) is 4.72 Å². The number of rotatable bonds is 5. The highest BCUT2D eigenvalue weighted by atomic mass is 32.2. The quantitative estimate of drug-likeness (QED) is 0.392. The Morgan fingerprint density at radius 3 is 2.39 bits per heavy atom. The Morgan fingerprint density at radius 1 is 0.970 bits per heavy atom. The van der Waals surface area contributed by atoms with Crippen LogP contribution in [0.2, 0.25) is 0 Å². The number of benzene rings is 3. The lowest BCUT2D eigenvalue weighted by Gasteiger charge is -2.14. The lowest BCUT2D eigenvalue weighted by Crippen LogP contribution is -2.19. The van der Waals surface area contributed by atoms with Crippen molar-refractivity contribution in [2.45, 2.75) is 21.6 Å². The van der Waals surface area contributed by atoms with Crippen molar-refractivity contribution in [2.24, 2.45) is 14.1 Å². The molecule has 2 aromatic heterocycles. The maximum absolute atomic E-state index is 13.4. The Hall–Kier alpha value is -3.15. The van der Waals surface area contributed by atoms with E-state index >= 15 is 0 Å². The van der Waals surface area contributed by atoms with Gasteiger partial charge in [-0.05, 0) is 43.3 Å². The fraction of sp³-hybridized carbons (Fsp3) is 0.136. The zero-order chi connectivity index (χ0) is 23.3. The second-order valence-corrected chi connectivity index (χ2v) is 10.9. The van der Waals surface area contributed by atoms with Crippen LogP contribution in [0.1, 0.15) is 5.56 Å². The topological polar surface area (TPSA) is 98.9 Å². The summed E-state index contributed by atoms with van der Waals surface area (Å²) in [5.41, 5.74) is 3.53. The maximum atomic E-state index is 13.4. The molecule has 0 radical (unpaired) electrons. The molecule has 0 saturated carbocycles. The van der Waals surface area contributed by atoms with E-state index in [1.807, 2.05) is 37.3 Å². The van der Waals surface area contributed by atoms with Gasteiger partial charge in [-0.1, -0.05) is 35.5 Å². The van der Waals surface area contributed by atoms with Gasteiger partial charge in [-0.2, -0.15) is 8.75 Å². The smallest absolute Gasteiger partial charge is 0.295 e. The van der Waals surface area contributed by atoms with E-state index in [9.17, 15) is 13.2 Å². The highest BCUT2D eigenvalue weighted by Gasteiger charge is 2.23. The first kappa shape index (κ1) is 21.7. The van der Waals surface area contributed by atoms with E-state index in [1.165, 1.54) is 22.4 Å². The molecule has 33 heavy (non-hydrogen) atoms. The van der Waals surface area contributed by atoms with Crippen molar-refractivity contribution in [3.8, 4) is 0 Å². The first-order chi connectivity index (χ1) is 15.7. The largest absolute Gasteiger partial charge is 0.328 e. The third kappa shape index (κ3) is 3.81. The van der Waals surface area contributed by atoms with Crippen molar-refractivity contribution in [1.29, 1.82) is 0 Å². The minimum atomic E-state index is -3.97. The number of aromatic nitrogens is 4. The number of nitrogens with zero attached hydrogens (tertiary/aromatic N) is 4. The summed E-state index contributed by atoms with van der Waals surface area (Å²) in [6.07, 6.45) is 0. The number of fused-ring (bicyclic) bond motifs is 2. The summed E-state index contributed by atoms with van der Waals surface area (Å²) in [6, 6.07) is 16.4. The van der Waals surface area contributed by atoms with Gasteiger partial charge in [-0.25, -0.2) is 13.2 Å². The van der Waals surface area contributed by atoms with Crippen molar-refractivity contribution < 1.29 is 8.42 Å². The van der Waals surface area contributed by atoms with Gasteiger partial charge in [0.15, 0.2) is 0 Å². The number of hydrogen-bond donors (Lipinski definition) is 1. The Bertz CT molecular complexity index is 1680. The summed E-state index contributed by atoms with van der Waals surface area (Å²) in [6.45, 7) is 2.01. The fourth-order valence-electron chi connectivity index (χ4n) is 3.62. The average Bonchev–Trinajstić information content (AvgIpc) is 3.35. The van der Waals surface area contributed by atoms with Gasteiger partial charge in [0.25, 0.3) is 10.0 Å². The predicted molar refractivity (Wildman–Crippen MR) is 132 cm³/mol. The van der Waals surface area contributed by atoms with Crippen molar-refractivity contribution in [3.63, 3.8) is 0 Å². The molecule has 0 spiro atoms. The van der Waals surface area contributed by atoms with Crippen LogP contribution < -0.4 is 10.4 Å². The van der Waals surface area contributed by atoms with Gasteiger partial charge in [0.1, 0.15) is 15.9 Å². The van der Waals surface area contributed by atoms with Crippen LogP contribution >= 0.6 is 23.5 Å². The molecule has 0 bridgehead atoms. The van der Waals surface area contributed by atoms with E-state index in [0.717, 1.165) is 22.2 Å². The zero-order valence-electron chi connectivity index (χ0n) is 17.9. The van der Waals surface area contributed by atoms with E-state index in [0.29, 0.717) is 32.6 Å². The van der Waals surface area contributed by atoms with Gasteiger partial charge in [-0.3, -0.25) is 13.9 Å². The summed E-state index contributed by atoms with van der Waals surface area (Å²) < 4.78 is 40.9. The first-order valence-electron chi connectivity index (χ1n) is 9.93. The predicted octanol–water partition coefficient (Wildman–Crippen LogP) is 4.14. The van der Waals surface area contributed by atoms with Gasteiger partial charge >= 0.3 is 5.69 Å². The molecule has 168 valence electrons. The monoisotopic (exact) mass is 497 g/mol. The SMILES string of the molecule is Cc1ccc(Sc2cc3c(cc2NS(=O)(=O)c2cccc4nsnc24)n(C)c(=O)n3C)cc1. The molecule has 0 aliphatic carbocycles. The summed E-state index contributed by atoms with van der Waals surface area (Å²) in [7, 11) is -0.606. The molecular formula is C22H19N5O3S3. The number of aryl methyl sites for hydroxylation is 3. The zero-order valence-corrected chi connectivity index (χ0v) is 20.4. The molecule has 8 nitrogen and oxygen atoms in total. The van der Waals surface area contributed by atoms with Crippen LogP contribution in [0.15, 0.2) is 74.1 Å². The lowest BCUT2D eigenvalue weighted by molar-refractivity contribution is 0.602. The Labute approximate surface area is 198 Å². The van der Waals surface area contributed by atoms with E-state index in [2.05, 4.69) is 13.5 Å². The van der Waals surface area contributed by atoms with Crippen LogP contribution in [0.4, 0.5) is 5.69 Å². The minimum Gasteiger partial charge on any atom is -0.295 e. The number of hydrogen-bond acceptors (Lipinski definition) is 7. The highest BCUT2D eigenvalue weighted by molar-refractivity contribution is 7.99. The molecule has 11 heteroatoms. The lowest BCUT2D eigenvalue weighted by atomic mass is 10.2. The van der Waals surface area contributed by atoms with E-state index in [1.54, 1.807) is 36.9 Å². The van der Waals surface area contributed by atoms with E-state index in [-0.39, 0.29) is 10.6 Å². The van der Waals surface area contributed by atoms with Crippen LogP contribution in [-0.4, -0.2) is 26.3 Å². The normalized spacial score (nSPS) is 12.0. The number of anilines is 1. The van der Waals surface area contributed by atoms with Crippen molar-refractivity contribution in [3.05, 3.63) is 70.6 Å². The van der Waals surface area contributed by atoms with Crippen LogP contribution in [-0.2, 0) is 24.1 Å². The molecule has 1 N–H and O–H groups in total. The van der Waals surface area contributed by atoms with Crippen LogP contribution in [0.25, 0.3) is 22.1 Å². The standard InChI is InChI=1S/C22H19N5O3S3/c1-13-7-9-14(10-8-13)31-19-12-18-17(26(2)22(28)27(18)3)11-16(19)25-33(29,30)20-6-4-5-15-21(20)24-32-23-15/h4-12,25H,1-3H3. The summed E-state index contributed by atoms with van der Waals surface area (Å²) >= 11 is 2.39. The molecule has 5 aromatic rings. The van der Waals surface area contributed by atoms with Gasteiger partial charge < -0.3 is 0 Å². The van der Waals surface area contributed by atoms with Gasteiger partial charge in [0.05, 0.1) is 28.4 Å². The molecule has 0 unspecified atom stereocenters. The minimum absolute atomic E-state index is 0.0575. The van der Waals surface area contributed by atoms with E-state index < -0.39 is 10.0 Å². The molecular weight excluding hydrogens is 478 g/mol.